The molecule has 0 saturated heterocycles. The predicted octanol–water partition coefficient (Wildman–Crippen LogP) is 3.16. The number of hydrogen-bond acceptors (Lipinski definition) is 4. The minimum Gasteiger partial charge on any atom is -0.378 e. The molecule has 126 valence electrons. The molecule has 2 N–H and O–H groups in total. The van der Waals surface area contributed by atoms with Crippen LogP contribution < -0.4 is 10.6 Å². The maximum Gasteiger partial charge on any atom is 0.292 e. The molecule has 0 unspecified atom stereocenters. The van der Waals surface area contributed by atoms with Crippen LogP contribution in [-0.2, 0) is 11.2 Å². The molecule has 0 bridgehead atoms. The van der Waals surface area contributed by atoms with Gasteiger partial charge in [-0.05, 0) is 18.2 Å². The fraction of sp³-hybridized carbons (Fsp3) is 0.188. The molecule has 2 rings (SSSR count). The number of amides is 1. The predicted molar refractivity (Wildman–Crippen MR) is 89.7 cm³/mol. The summed E-state index contributed by atoms with van der Waals surface area (Å²) in [5.41, 5.74) is 0.471. The zero-order chi connectivity index (χ0) is 17.5. The summed E-state index contributed by atoms with van der Waals surface area (Å²) in [5, 5.41) is 16.6. The van der Waals surface area contributed by atoms with Crippen molar-refractivity contribution in [2.24, 2.45) is 0 Å². The molecule has 1 amide bonds. The van der Waals surface area contributed by atoms with Gasteiger partial charge in [-0.1, -0.05) is 29.8 Å². The second-order valence-electron chi connectivity index (χ2n) is 4.93. The highest BCUT2D eigenvalue weighted by atomic mass is 35.5. The van der Waals surface area contributed by atoms with Crippen LogP contribution in [0.25, 0.3) is 0 Å². The second-order valence-corrected chi connectivity index (χ2v) is 5.34. The van der Waals surface area contributed by atoms with E-state index in [2.05, 4.69) is 10.6 Å². The fourth-order valence-electron chi connectivity index (χ4n) is 2.11. The summed E-state index contributed by atoms with van der Waals surface area (Å²) in [6, 6.07) is 10.4. The van der Waals surface area contributed by atoms with E-state index in [-0.39, 0.29) is 35.1 Å². The molecule has 8 heteroatoms. The van der Waals surface area contributed by atoms with Crippen LogP contribution in [0.3, 0.4) is 0 Å². The van der Waals surface area contributed by atoms with Crippen LogP contribution >= 0.6 is 11.6 Å². The Balaban J connectivity index is 1.83. The summed E-state index contributed by atoms with van der Waals surface area (Å²) in [6.07, 6.45) is -0.170. The minimum absolute atomic E-state index is 0.0398. The first-order chi connectivity index (χ1) is 11.5. The topological polar surface area (TPSA) is 84.3 Å². The van der Waals surface area contributed by atoms with Crippen molar-refractivity contribution < 1.29 is 14.1 Å². The maximum atomic E-state index is 13.6. The molecule has 0 saturated carbocycles. The number of rotatable bonds is 7. The van der Waals surface area contributed by atoms with Crippen LogP contribution in [0, 0.1) is 15.9 Å². The standard InChI is InChI=1S/C16H15ClFN3O3/c17-12-4-3-5-13(18)11(12)10-16(22)20-9-8-19-14-6-1-2-7-15(14)21(23)24/h1-7,19H,8-10H2,(H,20,22). The van der Waals surface area contributed by atoms with Crippen molar-refractivity contribution in [3.8, 4) is 0 Å². The van der Waals surface area contributed by atoms with Crippen LogP contribution in [0.4, 0.5) is 15.8 Å². The number of benzene rings is 2. The lowest BCUT2D eigenvalue weighted by atomic mass is 10.1. The number of nitro benzene ring substituents is 1. The number of nitrogens with one attached hydrogen (secondary N) is 2. The molecule has 0 aromatic heterocycles. The van der Waals surface area contributed by atoms with Crippen molar-refractivity contribution in [2.45, 2.75) is 6.42 Å². The first-order valence-corrected chi connectivity index (χ1v) is 7.53. The number of anilines is 1. The molecule has 0 aliphatic heterocycles. The SMILES string of the molecule is O=C(Cc1c(F)cccc1Cl)NCCNc1ccccc1[N+](=O)[O-]. The molecule has 0 atom stereocenters. The number of hydrogen-bond donors (Lipinski definition) is 2. The molecule has 24 heavy (non-hydrogen) atoms. The van der Waals surface area contributed by atoms with Gasteiger partial charge in [-0.2, -0.15) is 0 Å². The van der Waals surface area contributed by atoms with Crippen molar-refractivity contribution >= 4 is 28.9 Å². The lowest BCUT2D eigenvalue weighted by molar-refractivity contribution is -0.384. The number of para-hydroxylation sites is 2. The lowest BCUT2D eigenvalue weighted by Crippen LogP contribution is -2.30. The van der Waals surface area contributed by atoms with Crippen molar-refractivity contribution in [3.05, 3.63) is 69.0 Å². The van der Waals surface area contributed by atoms with Crippen LogP contribution in [-0.4, -0.2) is 23.9 Å². The molecular formula is C16H15ClFN3O3. The highest BCUT2D eigenvalue weighted by Crippen LogP contribution is 2.22. The number of nitro groups is 1. The number of nitrogens with zero attached hydrogens (tertiary/aromatic N) is 1. The van der Waals surface area contributed by atoms with E-state index in [0.29, 0.717) is 12.2 Å². The quantitative estimate of drug-likeness (QED) is 0.456. The van der Waals surface area contributed by atoms with Gasteiger partial charge in [0.05, 0.1) is 11.3 Å². The Morgan fingerprint density at radius 2 is 1.92 bits per heavy atom. The second kappa shape index (κ2) is 8.26. The summed E-state index contributed by atoms with van der Waals surface area (Å²) in [4.78, 5) is 22.2. The molecule has 0 aliphatic rings. The molecular weight excluding hydrogens is 337 g/mol. The van der Waals surface area contributed by atoms with Gasteiger partial charge in [0, 0.05) is 29.7 Å². The Morgan fingerprint density at radius 1 is 1.17 bits per heavy atom. The summed E-state index contributed by atoms with van der Waals surface area (Å²) in [6.45, 7) is 0.526. The van der Waals surface area contributed by atoms with Crippen molar-refractivity contribution in [1.29, 1.82) is 0 Å². The van der Waals surface area contributed by atoms with E-state index in [1.54, 1.807) is 18.2 Å². The van der Waals surface area contributed by atoms with Crippen molar-refractivity contribution in [3.63, 3.8) is 0 Å². The van der Waals surface area contributed by atoms with E-state index in [0.717, 1.165) is 0 Å². The number of carbonyl (C=O) groups is 1. The third kappa shape index (κ3) is 4.66. The summed E-state index contributed by atoms with van der Waals surface area (Å²) in [5.74, 6) is -0.915. The zero-order valence-electron chi connectivity index (χ0n) is 12.6. The zero-order valence-corrected chi connectivity index (χ0v) is 13.3. The minimum atomic E-state index is -0.532. The van der Waals surface area contributed by atoms with Gasteiger partial charge in [0.25, 0.3) is 5.69 Å². The van der Waals surface area contributed by atoms with E-state index in [9.17, 15) is 19.3 Å². The monoisotopic (exact) mass is 351 g/mol. The van der Waals surface area contributed by atoms with Gasteiger partial charge in [0.1, 0.15) is 11.5 Å². The highest BCUT2D eigenvalue weighted by molar-refractivity contribution is 6.31. The third-order valence-corrected chi connectivity index (χ3v) is 3.62. The number of halogens is 2. The van der Waals surface area contributed by atoms with E-state index in [1.807, 2.05) is 0 Å². The third-order valence-electron chi connectivity index (χ3n) is 3.26. The Kier molecular flexibility index (Phi) is 6.08. The smallest absolute Gasteiger partial charge is 0.292 e. The highest BCUT2D eigenvalue weighted by Gasteiger charge is 2.13. The fourth-order valence-corrected chi connectivity index (χ4v) is 2.34. The van der Waals surface area contributed by atoms with Gasteiger partial charge in [0.15, 0.2) is 0 Å². The van der Waals surface area contributed by atoms with E-state index < -0.39 is 10.7 Å². The van der Waals surface area contributed by atoms with Crippen molar-refractivity contribution in [2.75, 3.05) is 18.4 Å². The normalized spacial score (nSPS) is 10.2. The molecule has 6 nitrogen and oxygen atoms in total. The largest absolute Gasteiger partial charge is 0.378 e. The summed E-state index contributed by atoms with van der Waals surface area (Å²) < 4.78 is 13.6. The van der Waals surface area contributed by atoms with Gasteiger partial charge >= 0.3 is 0 Å². The Bertz CT molecular complexity index is 735. The first kappa shape index (κ1) is 17.7. The van der Waals surface area contributed by atoms with E-state index >= 15 is 0 Å². The van der Waals surface area contributed by atoms with Crippen LogP contribution in [0.15, 0.2) is 42.5 Å². The molecule has 2 aromatic rings. The van der Waals surface area contributed by atoms with Gasteiger partial charge < -0.3 is 10.6 Å². The molecule has 2 aromatic carbocycles. The Morgan fingerprint density at radius 3 is 2.62 bits per heavy atom. The van der Waals surface area contributed by atoms with Crippen molar-refractivity contribution in [1.82, 2.24) is 5.32 Å². The average molecular weight is 352 g/mol. The Hall–Kier alpha value is -2.67. The molecule has 0 radical (unpaired) electrons. The van der Waals surface area contributed by atoms with Gasteiger partial charge in [-0.3, -0.25) is 14.9 Å². The molecule has 0 aliphatic carbocycles. The van der Waals surface area contributed by atoms with E-state index in [1.165, 1.54) is 24.3 Å². The maximum absolute atomic E-state index is 13.6. The van der Waals surface area contributed by atoms with Gasteiger partial charge in [-0.25, -0.2) is 4.39 Å². The lowest BCUT2D eigenvalue weighted by Gasteiger charge is -2.09. The molecule has 0 heterocycles. The molecule has 0 fully saturated rings. The molecule has 0 spiro atoms. The van der Waals surface area contributed by atoms with Crippen LogP contribution in [0.1, 0.15) is 5.56 Å². The Labute approximate surface area is 142 Å². The van der Waals surface area contributed by atoms with E-state index in [4.69, 9.17) is 11.6 Å². The average Bonchev–Trinajstić information content (AvgIpc) is 2.55. The summed E-state index contributed by atoms with van der Waals surface area (Å²) >= 11 is 5.87. The van der Waals surface area contributed by atoms with Crippen LogP contribution in [0.5, 0.6) is 0 Å². The summed E-state index contributed by atoms with van der Waals surface area (Å²) in [7, 11) is 0. The first-order valence-electron chi connectivity index (χ1n) is 7.16. The van der Waals surface area contributed by atoms with Gasteiger partial charge in [-0.15, -0.1) is 0 Å². The number of carbonyl (C=O) groups excluding carboxylic acids is 1. The van der Waals surface area contributed by atoms with Crippen LogP contribution in [0.2, 0.25) is 5.02 Å². The van der Waals surface area contributed by atoms with Gasteiger partial charge in [0.2, 0.25) is 5.91 Å².